The lowest BCUT2D eigenvalue weighted by atomic mass is 9.83. The molecule has 1 unspecified atom stereocenters. The molecule has 1 rings (SSSR count). The first-order valence-electron chi connectivity index (χ1n) is 6.70. The zero-order valence-electron chi connectivity index (χ0n) is 12.5. The van der Waals surface area contributed by atoms with Gasteiger partial charge in [0.1, 0.15) is 5.75 Å². The Kier molecular flexibility index (Phi) is 7.27. The molecule has 0 spiro atoms. The van der Waals surface area contributed by atoms with Crippen molar-refractivity contribution in [3.05, 3.63) is 40.9 Å². The topological polar surface area (TPSA) is 30.5 Å². The fraction of sp³-hybridized carbons (Fsp3) is 0.500. The average Bonchev–Trinajstić information content (AvgIpc) is 2.44. The highest BCUT2D eigenvalue weighted by molar-refractivity contribution is 9.10. The summed E-state index contributed by atoms with van der Waals surface area (Å²) in [5, 5.41) is 3.40. The third-order valence-electron chi connectivity index (χ3n) is 3.34. The largest absolute Gasteiger partial charge is 0.496 e. The molecule has 0 aromatic heterocycles. The van der Waals surface area contributed by atoms with E-state index in [9.17, 15) is 0 Å². The molecule has 20 heavy (non-hydrogen) atoms. The quantitative estimate of drug-likeness (QED) is 0.551. The number of hydrogen-bond donors (Lipinski definition) is 1. The van der Waals surface area contributed by atoms with Crippen LogP contribution >= 0.6 is 15.9 Å². The molecule has 1 aromatic carbocycles. The van der Waals surface area contributed by atoms with Crippen molar-refractivity contribution in [1.29, 1.82) is 0 Å². The number of ether oxygens (including phenoxy) is 2. The minimum Gasteiger partial charge on any atom is -0.496 e. The molecule has 0 fully saturated rings. The van der Waals surface area contributed by atoms with Gasteiger partial charge < -0.3 is 14.8 Å². The van der Waals surface area contributed by atoms with Crippen LogP contribution in [0.15, 0.2) is 35.3 Å². The second-order valence-corrected chi connectivity index (χ2v) is 6.08. The number of rotatable bonds is 9. The Hall–Kier alpha value is -0.840. The van der Waals surface area contributed by atoms with Gasteiger partial charge in [-0.3, -0.25) is 0 Å². The molecular weight excluding hydrogens is 318 g/mol. The van der Waals surface area contributed by atoms with Crippen molar-refractivity contribution in [2.45, 2.75) is 13.3 Å². The van der Waals surface area contributed by atoms with Gasteiger partial charge in [-0.15, -0.1) is 6.58 Å². The first-order chi connectivity index (χ1) is 9.54. The summed E-state index contributed by atoms with van der Waals surface area (Å²) in [6.45, 7) is 8.59. The van der Waals surface area contributed by atoms with Crippen LogP contribution in [0.3, 0.4) is 0 Å². The molecule has 0 bridgehead atoms. The van der Waals surface area contributed by atoms with Crippen LogP contribution in [0, 0.1) is 5.41 Å². The Bertz CT molecular complexity index is 436. The third kappa shape index (κ3) is 5.27. The first kappa shape index (κ1) is 17.2. The Morgan fingerprint density at radius 3 is 2.75 bits per heavy atom. The van der Waals surface area contributed by atoms with Crippen molar-refractivity contribution < 1.29 is 9.47 Å². The number of benzene rings is 1. The maximum Gasteiger partial charge on any atom is 0.122 e. The Balaban J connectivity index is 2.76. The second kappa shape index (κ2) is 8.45. The molecule has 1 aromatic rings. The second-order valence-electron chi connectivity index (χ2n) is 5.16. The van der Waals surface area contributed by atoms with Crippen LogP contribution in [-0.2, 0) is 11.2 Å². The van der Waals surface area contributed by atoms with E-state index in [1.165, 1.54) is 5.56 Å². The van der Waals surface area contributed by atoms with Crippen molar-refractivity contribution in [2.75, 3.05) is 33.9 Å². The summed E-state index contributed by atoms with van der Waals surface area (Å²) in [6.07, 6.45) is 2.88. The van der Waals surface area contributed by atoms with Gasteiger partial charge in [0, 0.05) is 30.1 Å². The molecule has 1 N–H and O–H groups in total. The van der Waals surface area contributed by atoms with Crippen molar-refractivity contribution >= 4 is 15.9 Å². The Labute approximate surface area is 130 Å². The fourth-order valence-electron chi connectivity index (χ4n) is 2.08. The van der Waals surface area contributed by atoms with Crippen LogP contribution < -0.4 is 10.1 Å². The highest BCUT2D eigenvalue weighted by Crippen LogP contribution is 2.30. The standard InChI is InChI=1S/C16H24BrNO2/c1-5-16(2,12-18-8-9-19-3)11-13-10-14(17)6-7-15(13)20-4/h5-7,10,18H,1,8-9,11-12H2,2-4H3. The van der Waals surface area contributed by atoms with Crippen molar-refractivity contribution in [3.63, 3.8) is 0 Å². The predicted molar refractivity (Wildman–Crippen MR) is 87.4 cm³/mol. The summed E-state index contributed by atoms with van der Waals surface area (Å²) in [7, 11) is 3.41. The summed E-state index contributed by atoms with van der Waals surface area (Å²) in [6, 6.07) is 6.08. The van der Waals surface area contributed by atoms with E-state index in [1.54, 1.807) is 14.2 Å². The first-order valence-corrected chi connectivity index (χ1v) is 7.49. The van der Waals surface area contributed by atoms with Crippen molar-refractivity contribution in [3.8, 4) is 5.75 Å². The average molecular weight is 342 g/mol. The summed E-state index contributed by atoms with van der Waals surface area (Å²) in [5.41, 5.74) is 1.15. The van der Waals surface area contributed by atoms with Gasteiger partial charge in [-0.25, -0.2) is 0 Å². The summed E-state index contributed by atoms with van der Waals surface area (Å²) in [5.74, 6) is 0.915. The number of methoxy groups -OCH3 is 2. The smallest absolute Gasteiger partial charge is 0.122 e. The van der Waals surface area contributed by atoms with E-state index in [-0.39, 0.29) is 5.41 Å². The summed E-state index contributed by atoms with van der Waals surface area (Å²) >= 11 is 3.51. The molecule has 0 aliphatic rings. The minimum absolute atomic E-state index is 0.0260. The van der Waals surface area contributed by atoms with E-state index in [4.69, 9.17) is 9.47 Å². The van der Waals surface area contributed by atoms with Gasteiger partial charge in [-0.05, 0) is 30.2 Å². The molecule has 3 nitrogen and oxygen atoms in total. The lowest BCUT2D eigenvalue weighted by Crippen LogP contribution is -2.33. The highest BCUT2D eigenvalue weighted by atomic mass is 79.9. The predicted octanol–water partition coefficient (Wildman–Crippen LogP) is 3.43. The van der Waals surface area contributed by atoms with Crippen LogP contribution in [0.2, 0.25) is 0 Å². The monoisotopic (exact) mass is 341 g/mol. The Morgan fingerprint density at radius 1 is 1.40 bits per heavy atom. The maximum atomic E-state index is 5.44. The molecule has 1 atom stereocenters. The zero-order chi connectivity index (χ0) is 15.0. The molecule has 0 heterocycles. The van der Waals surface area contributed by atoms with Crippen molar-refractivity contribution in [2.24, 2.45) is 5.41 Å². The molecule has 4 heteroatoms. The normalized spacial score (nSPS) is 13.8. The maximum absolute atomic E-state index is 5.44. The molecular formula is C16H24BrNO2. The van der Waals surface area contributed by atoms with Crippen molar-refractivity contribution in [1.82, 2.24) is 5.32 Å². The molecule has 112 valence electrons. The number of hydrogen-bond acceptors (Lipinski definition) is 3. The number of nitrogens with one attached hydrogen (secondary N) is 1. The van der Waals surface area contributed by atoms with Gasteiger partial charge in [-0.2, -0.15) is 0 Å². The van der Waals surface area contributed by atoms with Gasteiger partial charge in [0.2, 0.25) is 0 Å². The van der Waals surface area contributed by atoms with Crippen LogP contribution in [0.25, 0.3) is 0 Å². The zero-order valence-corrected chi connectivity index (χ0v) is 14.1. The van der Waals surface area contributed by atoms with Gasteiger partial charge in [0.25, 0.3) is 0 Å². The van der Waals surface area contributed by atoms with Crippen LogP contribution in [0.5, 0.6) is 5.75 Å². The molecule has 0 aliphatic carbocycles. The lowest BCUT2D eigenvalue weighted by molar-refractivity contribution is 0.195. The van der Waals surface area contributed by atoms with E-state index in [2.05, 4.69) is 40.8 Å². The highest BCUT2D eigenvalue weighted by Gasteiger charge is 2.22. The summed E-state index contributed by atoms with van der Waals surface area (Å²) < 4.78 is 11.5. The molecule has 0 amide bonds. The molecule has 0 radical (unpaired) electrons. The van der Waals surface area contributed by atoms with Gasteiger partial charge in [-0.1, -0.05) is 28.9 Å². The number of halogens is 1. The van der Waals surface area contributed by atoms with Crippen LogP contribution in [0.1, 0.15) is 12.5 Å². The van der Waals surface area contributed by atoms with E-state index >= 15 is 0 Å². The van der Waals surface area contributed by atoms with Gasteiger partial charge >= 0.3 is 0 Å². The van der Waals surface area contributed by atoms with E-state index < -0.39 is 0 Å². The SMILES string of the molecule is C=CC(C)(CNCCOC)Cc1cc(Br)ccc1OC. The van der Waals surface area contributed by atoms with E-state index in [0.29, 0.717) is 6.61 Å². The summed E-state index contributed by atoms with van der Waals surface area (Å²) in [4.78, 5) is 0. The van der Waals surface area contributed by atoms with Crippen LogP contribution in [-0.4, -0.2) is 33.9 Å². The van der Waals surface area contributed by atoms with Crippen LogP contribution in [0.4, 0.5) is 0 Å². The lowest BCUT2D eigenvalue weighted by Gasteiger charge is -2.27. The molecule has 0 aliphatic heterocycles. The fourth-order valence-corrected chi connectivity index (χ4v) is 2.48. The molecule has 0 saturated carbocycles. The third-order valence-corrected chi connectivity index (χ3v) is 3.83. The van der Waals surface area contributed by atoms with Gasteiger partial charge in [0.05, 0.1) is 13.7 Å². The van der Waals surface area contributed by atoms with E-state index in [0.717, 1.165) is 29.7 Å². The minimum atomic E-state index is -0.0260. The Morgan fingerprint density at radius 2 is 2.15 bits per heavy atom. The van der Waals surface area contributed by atoms with E-state index in [1.807, 2.05) is 18.2 Å². The van der Waals surface area contributed by atoms with Gasteiger partial charge in [0.15, 0.2) is 0 Å². The molecule has 0 saturated heterocycles.